The molecule has 0 spiro atoms. The smallest absolute Gasteiger partial charge is 0.157 e. The summed E-state index contributed by atoms with van der Waals surface area (Å²) in [6.07, 6.45) is 7.83. The lowest BCUT2D eigenvalue weighted by Gasteiger charge is -2.06. The summed E-state index contributed by atoms with van der Waals surface area (Å²) in [4.78, 5) is 11.9. The minimum Gasteiger partial charge on any atom is -0.295 e. The number of allylic oxidation sites excluding steroid dienone is 4. The molecule has 0 amide bonds. The van der Waals surface area contributed by atoms with Crippen LogP contribution in [0.4, 0.5) is 0 Å². The molecule has 0 saturated heterocycles. The fraction of sp³-hybridized carbons (Fsp3) is 0.222. The maximum absolute atomic E-state index is 10.9. The van der Waals surface area contributed by atoms with Crippen LogP contribution in [0, 0.1) is 0 Å². The third kappa shape index (κ3) is 2.76. The van der Waals surface area contributed by atoms with Crippen LogP contribution in [-0.2, 0) is 4.79 Å². The van der Waals surface area contributed by atoms with Gasteiger partial charge < -0.3 is 0 Å². The van der Waals surface area contributed by atoms with Crippen molar-refractivity contribution in [3.8, 4) is 0 Å². The Balaban J connectivity index is 2.63. The van der Waals surface area contributed by atoms with E-state index in [0.717, 1.165) is 10.7 Å². The predicted molar refractivity (Wildman–Crippen MR) is 49.5 cm³/mol. The second-order valence-electron chi connectivity index (χ2n) is 2.21. The van der Waals surface area contributed by atoms with Crippen molar-refractivity contribution in [1.29, 1.82) is 0 Å². The largest absolute Gasteiger partial charge is 0.295 e. The van der Waals surface area contributed by atoms with Crippen molar-refractivity contribution < 1.29 is 4.79 Å². The van der Waals surface area contributed by atoms with E-state index in [0.29, 0.717) is 6.42 Å². The van der Waals surface area contributed by atoms with Crippen molar-refractivity contribution in [2.24, 2.45) is 0 Å². The summed E-state index contributed by atoms with van der Waals surface area (Å²) >= 11 is 1.71. The minimum absolute atomic E-state index is 0.229. The molecule has 1 nitrogen and oxygen atoms in total. The highest BCUT2D eigenvalue weighted by Gasteiger charge is 2.06. The van der Waals surface area contributed by atoms with E-state index in [1.165, 1.54) is 0 Å². The molecule has 0 fully saturated rings. The zero-order valence-corrected chi connectivity index (χ0v) is 7.06. The van der Waals surface area contributed by atoms with Crippen LogP contribution in [0.5, 0.6) is 0 Å². The van der Waals surface area contributed by atoms with Gasteiger partial charge in [-0.25, -0.2) is 0 Å². The summed E-state index contributed by atoms with van der Waals surface area (Å²) in [5.41, 5.74) is 0. The summed E-state index contributed by atoms with van der Waals surface area (Å²) in [6, 6.07) is 0. The van der Waals surface area contributed by atoms with Crippen molar-refractivity contribution in [3.05, 3.63) is 35.8 Å². The molecular weight excluding hydrogens is 156 g/mol. The SMILES string of the molecule is C=CC=CC1=CC(=O)CCS1. The van der Waals surface area contributed by atoms with Gasteiger partial charge in [0, 0.05) is 17.1 Å². The van der Waals surface area contributed by atoms with Crippen LogP contribution >= 0.6 is 11.8 Å². The van der Waals surface area contributed by atoms with Gasteiger partial charge >= 0.3 is 0 Å². The highest BCUT2D eigenvalue weighted by atomic mass is 32.2. The lowest BCUT2D eigenvalue weighted by molar-refractivity contribution is -0.114. The van der Waals surface area contributed by atoms with Crippen LogP contribution in [0.3, 0.4) is 0 Å². The van der Waals surface area contributed by atoms with E-state index in [2.05, 4.69) is 6.58 Å². The molecule has 0 aromatic heterocycles. The summed E-state index contributed by atoms with van der Waals surface area (Å²) in [6.45, 7) is 3.56. The lowest BCUT2D eigenvalue weighted by Crippen LogP contribution is -2.00. The van der Waals surface area contributed by atoms with Crippen LogP contribution in [0.25, 0.3) is 0 Å². The second kappa shape index (κ2) is 4.19. The first-order valence-corrected chi connectivity index (χ1v) is 4.48. The molecule has 2 heteroatoms. The number of carbonyl (C=O) groups is 1. The van der Waals surface area contributed by atoms with Gasteiger partial charge in [0.05, 0.1) is 0 Å². The first-order valence-electron chi connectivity index (χ1n) is 3.49. The van der Waals surface area contributed by atoms with Gasteiger partial charge in [0.25, 0.3) is 0 Å². The molecule has 1 aliphatic heterocycles. The Morgan fingerprint density at radius 2 is 2.45 bits per heavy atom. The molecule has 11 heavy (non-hydrogen) atoms. The van der Waals surface area contributed by atoms with Gasteiger partial charge in [0.1, 0.15) is 0 Å². The van der Waals surface area contributed by atoms with Gasteiger partial charge in [-0.3, -0.25) is 4.79 Å². The topological polar surface area (TPSA) is 17.1 Å². The highest BCUT2D eigenvalue weighted by molar-refractivity contribution is 8.03. The highest BCUT2D eigenvalue weighted by Crippen LogP contribution is 2.22. The van der Waals surface area contributed by atoms with Crippen molar-refractivity contribution in [2.75, 3.05) is 5.75 Å². The average molecular weight is 166 g/mol. The standard InChI is InChI=1S/C9H10OS/c1-2-3-4-9-7-8(10)5-6-11-9/h2-4,7H,1,5-6H2. The number of hydrogen-bond acceptors (Lipinski definition) is 2. The molecule has 0 aromatic rings. The maximum atomic E-state index is 10.9. The van der Waals surface area contributed by atoms with Crippen LogP contribution in [-0.4, -0.2) is 11.5 Å². The van der Waals surface area contributed by atoms with E-state index in [4.69, 9.17) is 0 Å². The van der Waals surface area contributed by atoms with Crippen LogP contribution in [0.2, 0.25) is 0 Å². The van der Waals surface area contributed by atoms with Crippen molar-refractivity contribution in [3.63, 3.8) is 0 Å². The lowest BCUT2D eigenvalue weighted by atomic mass is 10.2. The third-order valence-electron chi connectivity index (χ3n) is 1.32. The number of thioether (sulfide) groups is 1. The third-order valence-corrected chi connectivity index (χ3v) is 2.31. The van der Waals surface area contributed by atoms with Gasteiger partial charge in [-0.2, -0.15) is 0 Å². The first kappa shape index (κ1) is 8.34. The number of rotatable bonds is 2. The van der Waals surface area contributed by atoms with Gasteiger partial charge in [-0.1, -0.05) is 18.7 Å². The van der Waals surface area contributed by atoms with Crippen molar-refractivity contribution >= 4 is 17.5 Å². The molecule has 0 aromatic carbocycles. The molecule has 58 valence electrons. The predicted octanol–water partition coefficient (Wildman–Crippen LogP) is 2.32. The zero-order valence-electron chi connectivity index (χ0n) is 6.25. The summed E-state index contributed by atoms with van der Waals surface area (Å²) in [5, 5.41) is 0. The number of ketones is 1. The van der Waals surface area contributed by atoms with Gasteiger partial charge in [0.15, 0.2) is 5.78 Å². The molecule has 1 aliphatic rings. The summed E-state index contributed by atoms with van der Waals surface area (Å²) < 4.78 is 0. The zero-order chi connectivity index (χ0) is 8.10. The minimum atomic E-state index is 0.229. The quantitative estimate of drug-likeness (QED) is 0.585. The molecule has 0 saturated carbocycles. The van der Waals surface area contributed by atoms with Crippen LogP contribution in [0.1, 0.15) is 6.42 Å². The van der Waals surface area contributed by atoms with Crippen molar-refractivity contribution in [2.45, 2.75) is 6.42 Å². The fourth-order valence-electron chi connectivity index (χ4n) is 0.801. The normalized spacial score (nSPS) is 18.5. The Labute approximate surface area is 70.9 Å². The Morgan fingerprint density at radius 3 is 3.09 bits per heavy atom. The Bertz CT molecular complexity index is 226. The molecule has 0 radical (unpaired) electrons. The molecule has 0 atom stereocenters. The monoisotopic (exact) mass is 166 g/mol. The van der Waals surface area contributed by atoms with Gasteiger partial charge in [0.2, 0.25) is 0 Å². The fourth-order valence-corrected chi connectivity index (χ4v) is 1.73. The molecule has 1 rings (SSSR count). The average Bonchev–Trinajstić information content (AvgIpc) is 2.01. The number of hydrogen-bond donors (Lipinski definition) is 0. The Hall–Kier alpha value is -0.760. The van der Waals surface area contributed by atoms with Crippen LogP contribution < -0.4 is 0 Å². The van der Waals surface area contributed by atoms with Gasteiger partial charge in [-0.05, 0) is 12.2 Å². The van der Waals surface area contributed by atoms with E-state index in [1.54, 1.807) is 23.9 Å². The van der Waals surface area contributed by atoms with E-state index in [-0.39, 0.29) is 5.78 Å². The molecular formula is C9H10OS. The molecule has 0 aliphatic carbocycles. The molecule has 1 heterocycles. The molecule has 0 N–H and O–H groups in total. The molecule has 0 unspecified atom stereocenters. The van der Waals surface area contributed by atoms with E-state index >= 15 is 0 Å². The maximum Gasteiger partial charge on any atom is 0.157 e. The summed E-state index contributed by atoms with van der Waals surface area (Å²) in [7, 11) is 0. The Kier molecular flexibility index (Phi) is 3.17. The summed E-state index contributed by atoms with van der Waals surface area (Å²) in [5.74, 6) is 1.14. The van der Waals surface area contributed by atoms with Gasteiger partial charge in [-0.15, -0.1) is 11.8 Å². The first-order chi connectivity index (χ1) is 5.33. The number of carbonyl (C=O) groups excluding carboxylic acids is 1. The molecule has 0 bridgehead atoms. The second-order valence-corrected chi connectivity index (χ2v) is 3.37. The van der Waals surface area contributed by atoms with Crippen molar-refractivity contribution in [1.82, 2.24) is 0 Å². The van der Waals surface area contributed by atoms with E-state index in [1.807, 2.05) is 12.2 Å². The van der Waals surface area contributed by atoms with E-state index in [9.17, 15) is 4.79 Å². The van der Waals surface area contributed by atoms with Crippen LogP contribution in [0.15, 0.2) is 35.8 Å². The van der Waals surface area contributed by atoms with E-state index < -0.39 is 0 Å². The Morgan fingerprint density at radius 1 is 1.64 bits per heavy atom.